The third-order valence-electron chi connectivity index (χ3n) is 4.96. The molecule has 0 amide bonds. The molecule has 128 valence electrons. The van der Waals surface area contributed by atoms with E-state index >= 15 is 0 Å². The summed E-state index contributed by atoms with van der Waals surface area (Å²) in [5, 5.41) is 2.82. The second-order valence-electron chi connectivity index (χ2n) is 6.55. The maximum absolute atomic E-state index is 13.1. The summed E-state index contributed by atoms with van der Waals surface area (Å²) in [6.45, 7) is 2.46. The molecule has 0 aromatic carbocycles. The molecule has 0 radical (unpaired) electrons. The Morgan fingerprint density at radius 1 is 1.13 bits per heavy atom. The molecule has 1 saturated carbocycles. The van der Waals surface area contributed by atoms with Crippen molar-refractivity contribution < 1.29 is 8.42 Å². The van der Waals surface area contributed by atoms with Crippen molar-refractivity contribution >= 4 is 15.8 Å². The summed E-state index contributed by atoms with van der Waals surface area (Å²) < 4.78 is 27.9. The Kier molecular flexibility index (Phi) is 4.87. The molecule has 1 aromatic heterocycles. The van der Waals surface area contributed by atoms with Gasteiger partial charge in [0.1, 0.15) is 11.6 Å². The minimum absolute atomic E-state index is 0.143. The molecule has 0 spiro atoms. The lowest BCUT2D eigenvalue weighted by molar-refractivity contribution is 0.369. The molecular weight excluding hydrogens is 312 g/mol. The first-order chi connectivity index (χ1) is 11.0. The van der Waals surface area contributed by atoms with Crippen LogP contribution in [0.25, 0.3) is 0 Å². The lowest BCUT2D eigenvalue weighted by Gasteiger charge is -2.30. The molecule has 1 saturated heterocycles. The summed E-state index contributed by atoms with van der Waals surface area (Å²) in [6, 6.07) is 1.74. The van der Waals surface area contributed by atoms with E-state index in [0.29, 0.717) is 12.4 Å². The highest BCUT2D eigenvalue weighted by molar-refractivity contribution is 7.89. The first kappa shape index (κ1) is 16.6. The summed E-state index contributed by atoms with van der Waals surface area (Å²) in [4.78, 5) is 8.83. The largest absolute Gasteiger partial charge is 0.373 e. The van der Waals surface area contributed by atoms with Crippen LogP contribution in [0.2, 0.25) is 0 Å². The van der Waals surface area contributed by atoms with Gasteiger partial charge in [-0.1, -0.05) is 19.3 Å². The highest BCUT2D eigenvalue weighted by Crippen LogP contribution is 2.37. The molecule has 6 nitrogen and oxygen atoms in total. The Morgan fingerprint density at radius 3 is 2.57 bits per heavy atom. The Bertz CT molecular complexity index is 656. The van der Waals surface area contributed by atoms with Gasteiger partial charge in [0.05, 0.1) is 17.0 Å². The summed E-state index contributed by atoms with van der Waals surface area (Å²) in [5.41, 5.74) is 0.818. The van der Waals surface area contributed by atoms with Gasteiger partial charge in [-0.15, -0.1) is 0 Å². The Morgan fingerprint density at radius 2 is 1.87 bits per heavy atom. The van der Waals surface area contributed by atoms with Gasteiger partial charge in [0.2, 0.25) is 10.0 Å². The predicted octanol–water partition coefficient (Wildman–Crippen LogP) is 2.63. The Labute approximate surface area is 138 Å². The SMILES string of the molecule is CNc1cc([C@H]2CCCN2S(=O)(=O)C2CCCCC2)nc(C)n1. The standard InChI is InChI=1S/C16H26N4O2S/c1-12-18-14(11-16(17-2)19-12)15-9-6-10-20(15)23(21,22)13-7-4-3-5-8-13/h11,13,15H,3-10H2,1-2H3,(H,17,18,19)/t15-/m1/s1. The van der Waals surface area contributed by atoms with Crippen LogP contribution in [-0.4, -0.2) is 41.5 Å². The molecule has 0 unspecified atom stereocenters. The van der Waals surface area contributed by atoms with Crippen molar-refractivity contribution in [3.8, 4) is 0 Å². The maximum atomic E-state index is 13.1. The topological polar surface area (TPSA) is 75.2 Å². The van der Waals surface area contributed by atoms with Crippen molar-refractivity contribution in [1.29, 1.82) is 0 Å². The molecular formula is C16H26N4O2S. The van der Waals surface area contributed by atoms with Gasteiger partial charge < -0.3 is 5.32 Å². The van der Waals surface area contributed by atoms with Crippen molar-refractivity contribution in [1.82, 2.24) is 14.3 Å². The zero-order chi connectivity index (χ0) is 16.4. The van der Waals surface area contributed by atoms with E-state index in [9.17, 15) is 8.42 Å². The van der Waals surface area contributed by atoms with Crippen LogP contribution in [0.1, 0.15) is 62.5 Å². The fourth-order valence-corrected chi connectivity index (χ4v) is 6.05. The second-order valence-corrected chi connectivity index (χ2v) is 8.71. The van der Waals surface area contributed by atoms with Gasteiger partial charge in [0.25, 0.3) is 0 Å². The lowest BCUT2D eigenvalue weighted by Crippen LogP contribution is -2.39. The van der Waals surface area contributed by atoms with Crippen LogP contribution in [0.15, 0.2) is 6.07 Å². The first-order valence-corrected chi connectivity index (χ1v) is 10.1. The first-order valence-electron chi connectivity index (χ1n) is 8.56. The predicted molar refractivity (Wildman–Crippen MR) is 90.8 cm³/mol. The van der Waals surface area contributed by atoms with E-state index < -0.39 is 10.0 Å². The highest BCUT2D eigenvalue weighted by Gasteiger charge is 2.40. The molecule has 2 fully saturated rings. The van der Waals surface area contributed by atoms with Gasteiger partial charge in [-0.2, -0.15) is 4.31 Å². The van der Waals surface area contributed by atoms with E-state index in [1.807, 2.05) is 20.0 Å². The summed E-state index contributed by atoms with van der Waals surface area (Å²) in [5.74, 6) is 1.42. The van der Waals surface area contributed by atoms with Crippen molar-refractivity contribution in [3.63, 3.8) is 0 Å². The minimum atomic E-state index is -3.24. The molecule has 2 heterocycles. The van der Waals surface area contributed by atoms with E-state index in [1.54, 1.807) is 4.31 Å². The number of nitrogens with zero attached hydrogens (tertiary/aromatic N) is 3. The van der Waals surface area contributed by atoms with Crippen LogP contribution in [0.3, 0.4) is 0 Å². The molecule has 1 N–H and O–H groups in total. The Balaban J connectivity index is 1.89. The van der Waals surface area contributed by atoms with Gasteiger partial charge in [0.15, 0.2) is 0 Å². The normalized spacial score (nSPS) is 24.0. The van der Waals surface area contributed by atoms with Crippen molar-refractivity contribution in [2.45, 2.75) is 63.2 Å². The smallest absolute Gasteiger partial charge is 0.217 e. The zero-order valence-corrected chi connectivity index (χ0v) is 14.8. The third-order valence-corrected chi connectivity index (χ3v) is 7.36. The van der Waals surface area contributed by atoms with E-state index in [-0.39, 0.29) is 11.3 Å². The number of aromatic nitrogens is 2. The van der Waals surface area contributed by atoms with Crippen LogP contribution in [0.5, 0.6) is 0 Å². The molecule has 3 rings (SSSR count). The average Bonchev–Trinajstić information content (AvgIpc) is 3.05. The summed E-state index contributed by atoms with van der Waals surface area (Å²) in [6.07, 6.45) is 6.55. The highest BCUT2D eigenvalue weighted by atomic mass is 32.2. The number of hydrogen-bond donors (Lipinski definition) is 1. The van der Waals surface area contributed by atoms with E-state index in [1.165, 1.54) is 0 Å². The quantitative estimate of drug-likeness (QED) is 0.913. The van der Waals surface area contributed by atoms with E-state index in [2.05, 4.69) is 15.3 Å². The van der Waals surface area contributed by atoms with Gasteiger partial charge in [-0.05, 0) is 32.6 Å². The third kappa shape index (κ3) is 3.35. The van der Waals surface area contributed by atoms with Crippen LogP contribution >= 0.6 is 0 Å². The van der Waals surface area contributed by atoms with Gasteiger partial charge in [-0.25, -0.2) is 18.4 Å². The second kappa shape index (κ2) is 6.73. The fourth-order valence-electron chi connectivity index (χ4n) is 3.78. The zero-order valence-electron chi connectivity index (χ0n) is 14.0. The lowest BCUT2D eigenvalue weighted by atomic mass is 10.0. The number of hydrogen-bond acceptors (Lipinski definition) is 5. The van der Waals surface area contributed by atoms with Crippen LogP contribution < -0.4 is 5.32 Å². The van der Waals surface area contributed by atoms with Crippen LogP contribution in [0, 0.1) is 6.92 Å². The van der Waals surface area contributed by atoms with Crippen LogP contribution in [0.4, 0.5) is 5.82 Å². The number of rotatable bonds is 4. The van der Waals surface area contributed by atoms with Gasteiger partial charge in [-0.3, -0.25) is 0 Å². The minimum Gasteiger partial charge on any atom is -0.373 e. The maximum Gasteiger partial charge on any atom is 0.217 e. The number of anilines is 1. The molecule has 1 atom stereocenters. The summed E-state index contributed by atoms with van der Waals surface area (Å²) >= 11 is 0. The molecule has 1 aliphatic carbocycles. The Hall–Kier alpha value is -1.21. The van der Waals surface area contributed by atoms with Crippen LogP contribution in [-0.2, 0) is 10.0 Å². The molecule has 7 heteroatoms. The number of aryl methyl sites for hydroxylation is 1. The molecule has 1 aliphatic heterocycles. The molecule has 2 aliphatic rings. The molecule has 23 heavy (non-hydrogen) atoms. The number of sulfonamides is 1. The van der Waals surface area contributed by atoms with E-state index in [0.717, 1.165) is 56.5 Å². The van der Waals surface area contributed by atoms with Crippen molar-refractivity contribution in [2.75, 3.05) is 18.9 Å². The fraction of sp³-hybridized carbons (Fsp3) is 0.750. The molecule has 1 aromatic rings. The van der Waals surface area contributed by atoms with Gasteiger partial charge in [0, 0.05) is 19.7 Å². The monoisotopic (exact) mass is 338 g/mol. The van der Waals surface area contributed by atoms with Gasteiger partial charge >= 0.3 is 0 Å². The van der Waals surface area contributed by atoms with E-state index in [4.69, 9.17) is 0 Å². The molecule has 0 bridgehead atoms. The summed E-state index contributed by atoms with van der Waals surface area (Å²) in [7, 11) is -1.42. The number of nitrogens with one attached hydrogen (secondary N) is 1. The van der Waals surface area contributed by atoms with Crippen molar-refractivity contribution in [2.24, 2.45) is 0 Å². The average molecular weight is 338 g/mol. The van der Waals surface area contributed by atoms with Crippen molar-refractivity contribution in [3.05, 3.63) is 17.6 Å².